The number of aromatic nitrogens is 2. The van der Waals surface area contributed by atoms with Gasteiger partial charge in [-0.3, -0.25) is 0 Å². The van der Waals surface area contributed by atoms with E-state index in [0.717, 1.165) is 93.8 Å². The van der Waals surface area contributed by atoms with Crippen molar-refractivity contribution in [3.05, 3.63) is 234 Å². The highest BCUT2D eigenvalue weighted by Gasteiger charge is 2.46. The number of aryl methyl sites for hydroxylation is 2. The zero-order chi connectivity index (χ0) is 63.6. The largest absolute Gasteiger partial charge is 0.456 e. The number of fused-ring (bicyclic) bond motifs is 16. The molecule has 458 valence electrons. The summed E-state index contributed by atoms with van der Waals surface area (Å²) in [4.78, 5) is 5.44. The first-order valence-corrected chi connectivity index (χ1v) is 34.0. The van der Waals surface area contributed by atoms with Gasteiger partial charge >= 0.3 is 0 Å². The molecule has 6 nitrogen and oxygen atoms in total. The van der Waals surface area contributed by atoms with Crippen molar-refractivity contribution < 1.29 is 8.83 Å². The van der Waals surface area contributed by atoms with Gasteiger partial charge in [-0.15, -0.1) is 0 Å². The van der Waals surface area contributed by atoms with Crippen LogP contribution >= 0.6 is 0 Å². The third-order valence-corrected chi connectivity index (χ3v) is 20.7. The van der Waals surface area contributed by atoms with Gasteiger partial charge in [-0.2, -0.15) is 0 Å². The number of benzene rings is 11. The first-order chi connectivity index (χ1) is 45.0. The molecule has 0 amide bonds. The number of rotatable bonds is 10. The summed E-state index contributed by atoms with van der Waals surface area (Å²) in [5.41, 5.74) is 27.7. The Morgan fingerprint density at radius 1 is 0.344 bits per heavy atom. The molecule has 93 heavy (non-hydrogen) atoms. The number of unbranched alkanes of at least 4 members (excludes halogenated alkanes) is 2. The van der Waals surface area contributed by atoms with Gasteiger partial charge in [0.15, 0.2) is 0 Å². The van der Waals surface area contributed by atoms with Crippen LogP contribution in [0.25, 0.3) is 98.9 Å². The monoisotopic (exact) mass is 1210 g/mol. The lowest BCUT2D eigenvalue weighted by Gasteiger charge is -2.46. The van der Waals surface area contributed by atoms with Crippen molar-refractivity contribution >= 4 is 145 Å². The van der Waals surface area contributed by atoms with Crippen LogP contribution in [-0.4, -0.2) is 15.8 Å². The molecule has 0 unspecified atom stereocenters. The highest BCUT2D eigenvalue weighted by atomic mass is 16.3. The van der Waals surface area contributed by atoms with Gasteiger partial charge < -0.3 is 27.8 Å². The molecule has 2 aliphatic heterocycles. The lowest BCUT2D eigenvalue weighted by atomic mass is 9.33. The van der Waals surface area contributed by atoms with E-state index in [0.29, 0.717) is 0 Å². The van der Waals surface area contributed by atoms with Crippen LogP contribution in [0.2, 0.25) is 0 Å². The maximum Gasteiger partial charge on any atom is 0.252 e. The molecule has 4 aromatic heterocycles. The SMILES string of the molecule is CCCCc1ccc2oc3ccccc3c2c1N1c2cc(-n3c4ccccc4c4cc(C(C)(C)C)ccc43)ccc2B2c3ccc(-n4c5ccccc5c5cc(C(C)(C)C)ccc54)cc3N(c3c(CCCC)ccc4oc5ccccc5c34)c3cc(C(C)(C)C)cc1c32. The van der Waals surface area contributed by atoms with Gasteiger partial charge in [0.1, 0.15) is 22.3 Å². The second-order valence-corrected chi connectivity index (χ2v) is 29.7. The minimum Gasteiger partial charge on any atom is -0.456 e. The molecular weight excluding hydrogens is 1130 g/mol. The van der Waals surface area contributed by atoms with Crippen molar-refractivity contribution in [1.82, 2.24) is 9.13 Å². The molecule has 7 heteroatoms. The Morgan fingerprint density at radius 3 is 1.16 bits per heavy atom. The molecule has 6 heterocycles. The molecule has 2 aliphatic rings. The maximum absolute atomic E-state index is 6.99. The number of para-hydroxylation sites is 4. The number of nitrogens with zero attached hydrogens (tertiary/aromatic N) is 4. The summed E-state index contributed by atoms with van der Waals surface area (Å²) < 4.78 is 19.0. The average Bonchev–Trinajstić information content (AvgIpc) is 1.18. The van der Waals surface area contributed by atoms with Crippen LogP contribution in [0.5, 0.6) is 0 Å². The number of anilines is 6. The number of hydrogen-bond donors (Lipinski definition) is 0. The predicted molar refractivity (Wildman–Crippen MR) is 397 cm³/mol. The summed E-state index contributed by atoms with van der Waals surface area (Å²) in [6, 6.07) is 79.0. The Balaban J connectivity index is 1.03. The van der Waals surface area contributed by atoms with E-state index in [1.54, 1.807) is 0 Å². The van der Waals surface area contributed by atoms with Crippen LogP contribution in [0.1, 0.15) is 130 Å². The molecule has 11 aromatic carbocycles. The second-order valence-electron chi connectivity index (χ2n) is 29.7. The van der Waals surface area contributed by atoms with Gasteiger partial charge in [0, 0.05) is 66.4 Å². The standard InChI is InChI=1S/C86H79BN4O2/c1-12-14-24-52-34-44-77-79(61-28-18-22-32-75(61)92-77)82(52)90-71-50-57(88-67-30-20-16-26-59(67)63-46-54(84(3,4)5)36-42-69(63)88)38-40-65(71)87-66-41-39-58(89-68-31-21-17-27-60(68)64-47-55(85(6,7)8)37-43-70(64)89)51-72(66)91(74-49-56(86(9,10)11)48-73(90)81(74)87)83-53(25-15-13-2)35-45-78-80(83)62-29-19-23-33-76(62)93-78/h16-23,26-51H,12-15,24-25H2,1-11H3. The second kappa shape index (κ2) is 20.9. The molecular formula is C86H79BN4O2. The molecule has 0 saturated carbocycles. The predicted octanol–water partition coefficient (Wildman–Crippen LogP) is 22.3. The van der Waals surface area contributed by atoms with Crippen molar-refractivity contribution in [3.8, 4) is 11.4 Å². The summed E-state index contributed by atoms with van der Waals surface area (Å²) in [7, 11) is 0. The normalized spacial score (nSPS) is 13.5. The van der Waals surface area contributed by atoms with Gasteiger partial charge in [-0.1, -0.05) is 198 Å². The molecule has 0 fully saturated rings. The van der Waals surface area contributed by atoms with Crippen LogP contribution in [0.3, 0.4) is 0 Å². The quantitative estimate of drug-likeness (QED) is 0.128. The van der Waals surface area contributed by atoms with E-state index in [4.69, 9.17) is 8.83 Å². The lowest BCUT2D eigenvalue weighted by molar-refractivity contribution is 0.590. The summed E-state index contributed by atoms with van der Waals surface area (Å²) in [5, 5.41) is 9.57. The first kappa shape index (κ1) is 57.2. The Kier molecular flexibility index (Phi) is 12.9. The van der Waals surface area contributed by atoms with Crippen LogP contribution in [0.15, 0.2) is 215 Å². The molecule has 17 rings (SSSR count). The van der Waals surface area contributed by atoms with Gasteiger partial charge in [-0.05, 0) is 183 Å². The van der Waals surface area contributed by atoms with Gasteiger partial charge in [0.25, 0.3) is 6.71 Å². The van der Waals surface area contributed by atoms with Gasteiger partial charge in [-0.25, -0.2) is 0 Å². The van der Waals surface area contributed by atoms with Crippen molar-refractivity contribution in [2.45, 2.75) is 131 Å². The third kappa shape index (κ3) is 8.74. The van der Waals surface area contributed by atoms with Crippen molar-refractivity contribution in [2.75, 3.05) is 9.80 Å². The molecule has 0 spiro atoms. The van der Waals surface area contributed by atoms with E-state index in [9.17, 15) is 0 Å². The van der Waals surface area contributed by atoms with Gasteiger partial charge in [0.2, 0.25) is 0 Å². The Labute approximate surface area is 545 Å². The maximum atomic E-state index is 6.99. The minimum atomic E-state index is -0.273. The van der Waals surface area contributed by atoms with Crippen LogP contribution in [0, 0.1) is 0 Å². The zero-order valence-corrected chi connectivity index (χ0v) is 55.6. The Bertz CT molecular complexity index is 5260. The molecule has 0 saturated heterocycles. The lowest BCUT2D eigenvalue weighted by Crippen LogP contribution is -2.61. The molecule has 0 N–H and O–H groups in total. The van der Waals surface area contributed by atoms with Crippen LogP contribution in [0.4, 0.5) is 34.1 Å². The summed E-state index contributed by atoms with van der Waals surface area (Å²) in [6.45, 7) is 25.6. The number of hydrogen-bond acceptors (Lipinski definition) is 4. The summed E-state index contributed by atoms with van der Waals surface area (Å²) in [5.74, 6) is 0. The van der Waals surface area contributed by atoms with Crippen LogP contribution < -0.4 is 26.2 Å². The average molecular weight is 1210 g/mol. The van der Waals surface area contributed by atoms with Gasteiger partial charge in [0.05, 0.1) is 44.2 Å². The van der Waals surface area contributed by atoms with Crippen molar-refractivity contribution in [1.29, 1.82) is 0 Å². The van der Waals surface area contributed by atoms with Crippen molar-refractivity contribution in [3.63, 3.8) is 0 Å². The van der Waals surface area contributed by atoms with Crippen molar-refractivity contribution in [2.24, 2.45) is 0 Å². The van der Waals surface area contributed by atoms with E-state index in [-0.39, 0.29) is 23.0 Å². The Morgan fingerprint density at radius 2 is 0.742 bits per heavy atom. The summed E-state index contributed by atoms with van der Waals surface area (Å²) >= 11 is 0. The fourth-order valence-corrected chi connectivity index (χ4v) is 15.9. The highest BCUT2D eigenvalue weighted by Crippen LogP contribution is 2.54. The highest BCUT2D eigenvalue weighted by molar-refractivity contribution is 7.00. The molecule has 15 aromatic rings. The topological polar surface area (TPSA) is 42.6 Å². The van der Waals surface area contributed by atoms with E-state index in [1.165, 1.54) is 122 Å². The minimum absolute atomic E-state index is 0.0161. The first-order valence-electron chi connectivity index (χ1n) is 34.0. The molecule has 0 radical (unpaired) electrons. The summed E-state index contributed by atoms with van der Waals surface area (Å²) in [6.07, 6.45) is 6.06. The van der Waals surface area contributed by atoms with E-state index >= 15 is 0 Å². The number of furan rings is 2. The smallest absolute Gasteiger partial charge is 0.252 e. The fraction of sp³-hybridized carbons (Fsp3) is 0.233. The fourth-order valence-electron chi connectivity index (χ4n) is 15.9. The molecule has 0 bridgehead atoms. The zero-order valence-electron chi connectivity index (χ0n) is 55.6. The van der Waals surface area contributed by atoms with E-state index in [1.807, 2.05) is 0 Å². The Hall–Kier alpha value is -9.72. The van der Waals surface area contributed by atoms with E-state index < -0.39 is 0 Å². The van der Waals surface area contributed by atoms with E-state index in [2.05, 4.69) is 301 Å². The van der Waals surface area contributed by atoms with Crippen LogP contribution in [-0.2, 0) is 29.1 Å². The molecule has 0 aliphatic carbocycles. The molecule has 0 atom stereocenters. The third-order valence-electron chi connectivity index (χ3n) is 20.7.